The number of anilines is 1. The van der Waals surface area contributed by atoms with E-state index in [4.69, 9.17) is 6.42 Å². The molecule has 130 valence electrons. The number of fused-ring (bicyclic) bond motifs is 1. The molecule has 0 aliphatic rings. The summed E-state index contributed by atoms with van der Waals surface area (Å²) < 4.78 is 0. The molecule has 2 amide bonds. The Morgan fingerprint density at radius 3 is 2.77 bits per heavy atom. The molecular weight excluding hydrogens is 328 g/mol. The van der Waals surface area contributed by atoms with Gasteiger partial charge in [0, 0.05) is 24.2 Å². The molecule has 3 N–H and O–H groups in total. The molecule has 0 atom stereocenters. The average Bonchev–Trinajstić information content (AvgIpc) is 3.08. The number of aromatic amines is 1. The van der Waals surface area contributed by atoms with E-state index >= 15 is 0 Å². The fourth-order valence-corrected chi connectivity index (χ4v) is 2.54. The van der Waals surface area contributed by atoms with Crippen molar-refractivity contribution in [2.75, 3.05) is 11.9 Å². The van der Waals surface area contributed by atoms with Gasteiger partial charge >= 0.3 is 11.8 Å². The fourth-order valence-electron chi connectivity index (χ4n) is 2.54. The highest BCUT2D eigenvalue weighted by Gasteiger charge is 2.13. The first-order chi connectivity index (χ1) is 12.7. The van der Waals surface area contributed by atoms with Crippen molar-refractivity contribution >= 4 is 28.5 Å². The third kappa shape index (κ3) is 4.28. The summed E-state index contributed by atoms with van der Waals surface area (Å²) in [5.41, 5.74) is 3.03. The van der Waals surface area contributed by atoms with Crippen LogP contribution in [-0.4, -0.2) is 28.3 Å². The first-order valence-electron chi connectivity index (χ1n) is 8.25. The number of benzene rings is 2. The van der Waals surface area contributed by atoms with Crippen molar-refractivity contribution in [3.05, 3.63) is 59.9 Å². The van der Waals surface area contributed by atoms with E-state index in [2.05, 4.69) is 26.5 Å². The SMILES string of the molecule is C#Cc1cccc(NC(=O)C(=O)NCCCc2nc3ccccc3[nH]2)c1. The van der Waals surface area contributed by atoms with E-state index in [1.807, 2.05) is 24.3 Å². The van der Waals surface area contributed by atoms with Crippen LogP contribution in [0.5, 0.6) is 0 Å². The number of aryl methyl sites for hydroxylation is 1. The second-order valence-corrected chi connectivity index (χ2v) is 5.74. The third-order valence-electron chi connectivity index (χ3n) is 3.81. The van der Waals surface area contributed by atoms with Crippen LogP contribution in [0.15, 0.2) is 48.5 Å². The number of nitrogens with one attached hydrogen (secondary N) is 3. The molecule has 0 saturated heterocycles. The Hall–Kier alpha value is -3.59. The molecule has 1 aromatic heterocycles. The van der Waals surface area contributed by atoms with Crippen LogP contribution in [0.2, 0.25) is 0 Å². The molecule has 0 spiro atoms. The number of hydrogen-bond donors (Lipinski definition) is 3. The Balaban J connectivity index is 1.44. The van der Waals surface area contributed by atoms with Crippen LogP contribution < -0.4 is 10.6 Å². The number of nitrogens with zero attached hydrogens (tertiary/aromatic N) is 1. The summed E-state index contributed by atoms with van der Waals surface area (Å²) in [5.74, 6) is 1.93. The van der Waals surface area contributed by atoms with E-state index in [9.17, 15) is 9.59 Å². The van der Waals surface area contributed by atoms with Crippen LogP contribution in [0.25, 0.3) is 11.0 Å². The lowest BCUT2D eigenvalue weighted by atomic mass is 10.2. The number of amides is 2. The first-order valence-corrected chi connectivity index (χ1v) is 8.25. The normalized spacial score (nSPS) is 10.3. The lowest BCUT2D eigenvalue weighted by molar-refractivity contribution is -0.136. The van der Waals surface area contributed by atoms with Crippen LogP contribution in [0.3, 0.4) is 0 Å². The van der Waals surface area contributed by atoms with Gasteiger partial charge in [0.05, 0.1) is 11.0 Å². The minimum atomic E-state index is -0.720. The second kappa shape index (κ2) is 7.99. The zero-order valence-electron chi connectivity index (χ0n) is 14.1. The van der Waals surface area contributed by atoms with Crippen LogP contribution >= 0.6 is 0 Å². The van der Waals surface area contributed by atoms with Gasteiger partial charge in [-0.3, -0.25) is 9.59 Å². The molecule has 0 radical (unpaired) electrons. The van der Waals surface area contributed by atoms with Gasteiger partial charge in [0.25, 0.3) is 0 Å². The van der Waals surface area contributed by atoms with E-state index in [1.54, 1.807) is 24.3 Å². The summed E-state index contributed by atoms with van der Waals surface area (Å²) in [4.78, 5) is 31.5. The number of hydrogen-bond acceptors (Lipinski definition) is 3. The Bertz CT molecular complexity index is 952. The van der Waals surface area contributed by atoms with E-state index in [1.165, 1.54) is 0 Å². The minimum absolute atomic E-state index is 0.383. The zero-order chi connectivity index (χ0) is 18.4. The molecule has 0 fully saturated rings. The highest BCUT2D eigenvalue weighted by molar-refractivity contribution is 6.39. The van der Waals surface area contributed by atoms with Crippen molar-refractivity contribution in [3.8, 4) is 12.3 Å². The third-order valence-corrected chi connectivity index (χ3v) is 3.81. The van der Waals surface area contributed by atoms with Crippen molar-refractivity contribution in [3.63, 3.8) is 0 Å². The minimum Gasteiger partial charge on any atom is -0.348 e. The van der Waals surface area contributed by atoms with Gasteiger partial charge in [-0.05, 0) is 36.8 Å². The highest BCUT2D eigenvalue weighted by atomic mass is 16.2. The fraction of sp³-hybridized carbons (Fsp3) is 0.150. The number of imidazole rings is 1. The molecule has 0 bridgehead atoms. The molecule has 2 aromatic carbocycles. The Morgan fingerprint density at radius 2 is 1.96 bits per heavy atom. The van der Waals surface area contributed by atoms with Gasteiger partial charge in [0.2, 0.25) is 0 Å². The molecule has 0 saturated carbocycles. The summed E-state index contributed by atoms with van der Waals surface area (Å²) in [6.07, 6.45) is 6.67. The molecule has 6 heteroatoms. The van der Waals surface area contributed by atoms with E-state index < -0.39 is 11.8 Å². The predicted octanol–water partition coefficient (Wildman–Crippen LogP) is 2.23. The summed E-state index contributed by atoms with van der Waals surface area (Å²) in [6.45, 7) is 0.383. The van der Waals surface area contributed by atoms with E-state index in [-0.39, 0.29) is 0 Å². The van der Waals surface area contributed by atoms with Gasteiger partial charge in [0.15, 0.2) is 0 Å². The van der Waals surface area contributed by atoms with Crippen molar-refractivity contribution in [1.29, 1.82) is 0 Å². The number of carbonyl (C=O) groups excluding carboxylic acids is 2. The highest BCUT2D eigenvalue weighted by Crippen LogP contribution is 2.11. The van der Waals surface area contributed by atoms with Crippen LogP contribution in [-0.2, 0) is 16.0 Å². The molecule has 0 aliphatic heterocycles. The van der Waals surface area contributed by atoms with Crippen LogP contribution in [0, 0.1) is 12.3 Å². The average molecular weight is 346 g/mol. The second-order valence-electron chi connectivity index (χ2n) is 5.74. The van der Waals surface area contributed by atoms with Crippen LogP contribution in [0.1, 0.15) is 17.8 Å². The quantitative estimate of drug-likeness (QED) is 0.376. The van der Waals surface area contributed by atoms with E-state index in [0.717, 1.165) is 16.9 Å². The Labute approximate surface area is 151 Å². The van der Waals surface area contributed by atoms with Gasteiger partial charge < -0.3 is 15.6 Å². The van der Waals surface area contributed by atoms with E-state index in [0.29, 0.717) is 30.6 Å². The molecule has 0 unspecified atom stereocenters. The number of terminal acetylenes is 1. The molecule has 1 heterocycles. The monoisotopic (exact) mass is 346 g/mol. The first kappa shape index (κ1) is 17.2. The predicted molar refractivity (Wildman–Crippen MR) is 100 cm³/mol. The van der Waals surface area contributed by atoms with Gasteiger partial charge in [-0.2, -0.15) is 0 Å². The number of aromatic nitrogens is 2. The maximum atomic E-state index is 11.9. The maximum Gasteiger partial charge on any atom is 0.313 e. The van der Waals surface area contributed by atoms with Crippen molar-refractivity contribution in [2.24, 2.45) is 0 Å². The number of carbonyl (C=O) groups is 2. The standard InChI is InChI=1S/C20H18N4O2/c1-2-14-7-5-8-15(13-14)22-20(26)19(25)21-12-6-11-18-23-16-9-3-4-10-17(16)24-18/h1,3-5,7-10,13H,6,11-12H2,(H,21,25)(H,22,26)(H,23,24). The molecule has 3 rings (SSSR count). The number of rotatable bonds is 5. The van der Waals surface area contributed by atoms with Gasteiger partial charge in [-0.1, -0.05) is 24.1 Å². The maximum absolute atomic E-state index is 11.9. The topological polar surface area (TPSA) is 86.9 Å². The molecule has 0 aliphatic carbocycles. The van der Waals surface area contributed by atoms with Crippen molar-refractivity contribution in [1.82, 2.24) is 15.3 Å². The van der Waals surface area contributed by atoms with Gasteiger partial charge in [-0.15, -0.1) is 6.42 Å². The lowest BCUT2D eigenvalue weighted by Crippen LogP contribution is -2.36. The smallest absolute Gasteiger partial charge is 0.313 e. The van der Waals surface area contributed by atoms with Crippen molar-refractivity contribution in [2.45, 2.75) is 12.8 Å². The molecule has 3 aromatic rings. The Kier molecular flexibility index (Phi) is 5.30. The molecule has 6 nitrogen and oxygen atoms in total. The summed E-state index contributed by atoms with van der Waals surface area (Å²) in [6, 6.07) is 14.6. The van der Waals surface area contributed by atoms with Crippen LogP contribution in [0.4, 0.5) is 5.69 Å². The van der Waals surface area contributed by atoms with Gasteiger partial charge in [-0.25, -0.2) is 4.98 Å². The number of H-pyrrole nitrogens is 1. The number of para-hydroxylation sites is 2. The molecule has 26 heavy (non-hydrogen) atoms. The Morgan fingerprint density at radius 1 is 1.12 bits per heavy atom. The van der Waals surface area contributed by atoms with Crippen molar-refractivity contribution < 1.29 is 9.59 Å². The summed E-state index contributed by atoms with van der Waals surface area (Å²) >= 11 is 0. The lowest BCUT2D eigenvalue weighted by Gasteiger charge is -2.06. The summed E-state index contributed by atoms with van der Waals surface area (Å²) in [7, 11) is 0. The summed E-state index contributed by atoms with van der Waals surface area (Å²) in [5, 5.41) is 5.13. The zero-order valence-corrected chi connectivity index (χ0v) is 14.1. The largest absolute Gasteiger partial charge is 0.348 e. The molecular formula is C20H18N4O2. The van der Waals surface area contributed by atoms with Gasteiger partial charge in [0.1, 0.15) is 5.82 Å².